The molecule has 1 aliphatic heterocycles. The molecule has 0 N–H and O–H groups in total. The fourth-order valence-electron chi connectivity index (χ4n) is 3.00. The van der Waals surface area contributed by atoms with E-state index in [0.717, 1.165) is 23.5 Å². The van der Waals surface area contributed by atoms with Gasteiger partial charge in [-0.2, -0.15) is 29.8 Å². The predicted octanol–water partition coefficient (Wildman–Crippen LogP) is 3.64. The summed E-state index contributed by atoms with van der Waals surface area (Å²) in [6, 6.07) is 5.56. The minimum absolute atomic E-state index is 0.0370. The van der Waals surface area contributed by atoms with Crippen molar-refractivity contribution >= 4 is 27.3 Å². The molecule has 0 saturated carbocycles. The Hall–Kier alpha value is -2.58. The van der Waals surface area contributed by atoms with Gasteiger partial charge in [-0.15, -0.1) is 0 Å². The summed E-state index contributed by atoms with van der Waals surface area (Å²) in [5.74, 6) is -1.14. The summed E-state index contributed by atoms with van der Waals surface area (Å²) >= 11 is 1.16. The lowest BCUT2D eigenvalue weighted by Crippen LogP contribution is -2.38. The highest BCUT2D eigenvalue weighted by atomic mass is 32.2. The van der Waals surface area contributed by atoms with Gasteiger partial charge >= 0.3 is 6.18 Å². The van der Waals surface area contributed by atoms with Gasteiger partial charge in [0.1, 0.15) is 5.75 Å². The number of sulfonamides is 1. The zero-order valence-electron chi connectivity index (χ0n) is 15.2. The highest BCUT2D eigenvalue weighted by Crippen LogP contribution is 2.39. The van der Waals surface area contributed by atoms with Gasteiger partial charge < -0.3 is 4.74 Å². The molecule has 1 atom stereocenters. The molecule has 1 fully saturated rings. The number of carbonyl (C=O) groups excluding carboxylic acids is 1. The molecule has 1 aliphatic rings. The van der Waals surface area contributed by atoms with E-state index in [4.69, 9.17) is 10.00 Å². The van der Waals surface area contributed by atoms with Gasteiger partial charge in [0.25, 0.3) is 15.9 Å². The first-order valence-electron chi connectivity index (χ1n) is 8.25. The number of rotatable bonds is 4. The number of carbonyl (C=O) groups is 1. The van der Waals surface area contributed by atoms with Crippen LogP contribution in [-0.4, -0.2) is 31.3 Å². The summed E-state index contributed by atoms with van der Waals surface area (Å²) in [7, 11) is -4.09. The van der Waals surface area contributed by atoms with Gasteiger partial charge in [-0.3, -0.25) is 4.79 Å². The number of benzene rings is 1. The van der Waals surface area contributed by atoms with Crippen LogP contribution in [0.2, 0.25) is 0 Å². The minimum Gasteiger partial charge on any atom is -0.480 e. The summed E-state index contributed by atoms with van der Waals surface area (Å²) in [5, 5.41) is 11.8. The molecule has 2 aromatic rings. The molecular formula is C18H15F3N2O4S2. The highest BCUT2D eigenvalue weighted by molar-refractivity contribution is 7.89. The van der Waals surface area contributed by atoms with Crippen LogP contribution in [0.1, 0.15) is 25.0 Å². The van der Waals surface area contributed by atoms with Crippen LogP contribution in [0.3, 0.4) is 0 Å². The van der Waals surface area contributed by atoms with Crippen molar-refractivity contribution in [2.24, 2.45) is 5.41 Å². The van der Waals surface area contributed by atoms with Crippen molar-refractivity contribution in [1.82, 2.24) is 4.31 Å². The zero-order valence-corrected chi connectivity index (χ0v) is 16.9. The van der Waals surface area contributed by atoms with Crippen molar-refractivity contribution in [3.63, 3.8) is 0 Å². The summed E-state index contributed by atoms with van der Waals surface area (Å²) in [4.78, 5) is 12.8. The lowest BCUT2D eigenvalue weighted by atomic mass is 9.89. The molecule has 2 heterocycles. The first-order chi connectivity index (χ1) is 13.4. The molecule has 0 bridgehead atoms. The molecule has 0 aliphatic carbocycles. The smallest absolute Gasteiger partial charge is 0.417 e. The third-order valence-corrected chi connectivity index (χ3v) is 7.06. The van der Waals surface area contributed by atoms with E-state index in [1.807, 2.05) is 0 Å². The number of ether oxygens (including phenoxy) is 1. The van der Waals surface area contributed by atoms with Crippen molar-refractivity contribution in [1.29, 1.82) is 5.26 Å². The number of nitrogens with zero attached hydrogens (tertiary/aromatic N) is 2. The molecule has 1 aromatic carbocycles. The number of thiophene rings is 1. The maximum absolute atomic E-state index is 13.2. The normalized spacial score (nSPS) is 19.2. The largest absolute Gasteiger partial charge is 0.480 e. The van der Waals surface area contributed by atoms with Gasteiger partial charge in [-0.1, -0.05) is 13.8 Å². The number of alkyl halides is 3. The molecule has 0 radical (unpaired) electrons. The van der Waals surface area contributed by atoms with Crippen molar-refractivity contribution in [3.05, 3.63) is 46.2 Å². The summed E-state index contributed by atoms with van der Waals surface area (Å²) in [6.45, 7) is 3.00. The van der Waals surface area contributed by atoms with Gasteiger partial charge in [0, 0.05) is 17.3 Å². The van der Waals surface area contributed by atoms with Gasteiger partial charge in [-0.25, -0.2) is 12.7 Å². The molecule has 11 heteroatoms. The molecule has 29 heavy (non-hydrogen) atoms. The van der Waals surface area contributed by atoms with Crippen LogP contribution in [0.25, 0.3) is 0 Å². The Morgan fingerprint density at radius 1 is 1.31 bits per heavy atom. The fourth-order valence-corrected chi connectivity index (χ4v) is 5.59. The Morgan fingerprint density at radius 3 is 2.55 bits per heavy atom. The Labute approximate surface area is 169 Å². The molecule has 1 aromatic heterocycles. The Kier molecular flexibility index (Phi) is 5.13. The first kappa shape index (κ1) is 21.1. The Bertz CT molecular complexity index is 1090. The summed E-state index contributed by atoms with van der Waals surface area (Å²) < 4.78 is 71.2. The van der Waals surface area contributed by atoms with Crippen LogP contribution in [0.5, 0.6) is 5.75 Å². The standard InChI is InChI=1S/C18H15F3N2O4S2/c1-17(2)10-23(29(25,26)13-5-6-28-9-13)16(24)15(17)27-12-4-3-11(8-22)14(7-12)18(19,20)21/h3-7,9,15H,10H2,1-2H3. The van der Waals surface area contributed by atoms with Crippen LogP contribution in [0.4, 0.5) is 13.2 Å². The van der Waals surface area contributed by atoms with E-state index in [2.05, 4.69) is 0 Å². The van der Waals surface area contributed by atoms with Crippen LogP contribution in [0, 0.1) is 16.7 Å². The lowest BCUT2D eigenvalue weighted by Gasteiger charge is -2.24. The molecule has 3 rings (SSSR count). The van der Waals surface area contributed by atoms with Crippen molar-refractivity contribution in [2.75, 3.05) is 6.54 Å². The molecule has 154 valence electrons. The fraction of sp³-hybridized carbons (Fsp3) is 0.333. The van der Waals surface area contributed by atoms with E-state index in [0.29, 0.717) is 10.4 Å². The number of halogens is 3. The summed E-state index contributed by atoms with van der Waals surface area (Å²) in [6.07, 6.45) is -6.10. The number of nitriles is 1. The van der Waals surface area contributed by atoms with Crippen molar-refractivity contribution < 1.29 is 31.1 Å². The van der Waals surface area contributed by atoms with Crippen LogP contribution in [0.15, 0.2) is 39.9 Å². The van der Waals surface area contributed by atoms with E-state index in [-0.39, 0.29) is 17.2 Å². The van der Waals surface area contributed by atoms with E-state index in [9.17, 15) is 26.4 Å². The van der Waals surface area contributed by atoms with Gasteiger partial charge in [0.15, 0.2) is 6.10 Å². The zero-order chi connectivity index (χ0) is 21.6. The Morgan fingerprint density at radius 2 is 2.00 bits per heavy atom. The monoisotopic (exact) mass is 444 g/mol. The lowest BCUT2D eigenvalue weighted by molar-refractivity contribution is -0.137. The second-order valence-electron chi connectivity index (χ2n) is 7.11. The summed E-state index contributed by atoms with van der Waals surface area (Å²) in [5.41, 5.74) is -2.76. The maximum Gasteiger partial charge on any atom is 0.417 e. The van der Waals surface area contributed by atoms with Crippen LogP contribution >= 0.6 is 11.3 Å². The van der Waals surface area contributed by atoms with E-state index < -0.39 is 44.8 Å². The van der Waals surface area contributed by atoms with E-state index in [1.165, 1.54) is 17.5 Å². The average Bonchev–Trinajstić information content (AvgIpc) is 3.24. The second kappa shape index (κ2) is 7.03. The second-order valence-corrected chi connectivity index (χ2v) is 9.75. The van der Waals surface area contributed by atoms with Crippen LogP contribution in [-0.2, 0) is 21.0 Å². The molecule has 0 spiro atoms. The SMILES string of the molecule is CC1(C)CN(S(=O)(=O)c2ccsc2)C(=O)C1Oc1ccc(C#N)c(C(F)(F)F)c1. The van der Waals surface area contributed by atoms with Crippen molar-refractivity contribution in [3.8, 4) is 11.8 Å². The number of hydrogen-bond donors (Lipinski definition) is 0. The first-order valence-corrected chi connectivity index (χ1v) is 10.6. The third kappa shape index (κ3) is 3.82. The van der Waals surface area contributed by atoms with Gasteiger partial charge in [0.05, 0.1) is 22.1 Å². The molecule has 1 amide bonds. The van der Waals surface area contributed by atoms with Crippen LogP contribution < -0.4 is 4.74 Å². The number of amides is 1. The van der Waals surface area contributed by atoms with E-state index >= 15 is 0 Å². The predicted molar refractivity (Wildman–Crippen MR) is 97.6 cm³/mol. The third-order valence-electron chi connectivity index (χ3n) is 4.48. The van der Waals surface area contributed by atoms with Crippen molar-refractivity contribution in [2.45, 2.75) is 31.0 Å². The Balaban J connectivity index is 1.94. The highest BCUT2D eigenvalue weighted by Gasteiger charge is 2.52. The number of hydrogen-bond acceptors (Lipinski definition) is 6. The quantitative estimate of drug-likeness (QED) is 0.719. The molecule has 1 unspecified atom stereocenters. The molecular weight excluding hydrogens is 429 g/mol. The molecule has 6 nitrogen and oxygen atoms in total. The van der Waals surface area contributed by atoms with Gasteiger partial charge in [0.2, 0.25) is 0 Å². The average molecular weight is 444 g/mol. The maximum atomic E-state index is 13.2. The minimum atomic E-state index is -4.78. The van der Waals surface area contributed by atoms with Gasteiger partial charge in [-0.05, 0) is 29.6 Å². The van der Waals surface area contributed by atoms with E-state index in [1.54, 1.807) is 19.2 Å². The topological polar surface area (TPSA) is 87.5 Å². The molecule has 1 saturated heterocycles.